The van der Waals surface area contributed by atoms with Crippen LogP contribution in [0.2, 0.25) is 0 Å². The number of carbonyl (C=O) groups excluding carboxylic acids is 10. The molecule has 8 aromatic carbocycles. The van der Waals surface area contributed by atoms with Crippen molar-refractivity contribution in [3.63, 3.8) is 0 Å². The molecule has 0 spiro atoms. The molecule has 1 amide bonds. The van der Waals surface area contributed by atoms with Crippen LogP contribution in [0.25, 0.3) is 0 Å². The summed E-state index contributed by atoms with van der Waals surface area (Å²) in [5.41, 5.74) is -3.01. The van der Waals surface area contributed by atoms with Gasteiger partial charge in [0.05, 0.1) is 78.4 Å². The number of amides is 1. The van der Waals surface area contributed by atoms with E-state index in [0.717, 1.165) is 16.7 Å². The molecule has 6 fully saturated rings. The average molecular weight is 1920 g/mol. The largest absolute Gasteiger partial charge is 0.508 e. The molecule has 140 heavy (non-hydrogen) atoms. The Morgan fingerprint density at radius 1 is 0.457 bits per heavy atom. The topological polar surface area (TPSA) is 428 Å². The molecule has 740 valence electrons. The molecule has 22 atom stereocenters. The lowest BCUT2D eigenvalue weighted by atomic mass is 9.43. The van der Waals surface area contributed by atoms with E-state index in [1.165, 1.54) is 45.0 Å². The number of nitrogens with one attached hydrogen (secondary N) is 1. The van der Waals surface area contributed by atoms with Crippen molar-refractivity contribution in [1.29, 1.82) is 0 Å². The highest BCUT2D eigenvalue weighted by Gasteiger charge is 2.81. The normalized spacial score (nSPS) is 29.6. The highest BCUT2D eigenvalue weighted by molar-refractivity contribution is 5.95. The maximum absolute atomic E-state index is 16.2. The smallest absolute Gasteiger partial charge is 0.456 e. The van der Waals surface area contributed by atoms with Crippen molar-refractivity contribution < 1.29 is 139 Å². The fourth-order valence-corrected chi connectivity index (χ4v) is 22.5. The van der Waals surface area contributed by atoms with E-state index in [-0.39, 0.29) is 81.5 Å². The Morgan fingerprint density at radius 2 is 0.836 bits per heavy atom. The van der Waals surface area contributed by atoms with Crippen molar-refractivity contribution in [1.82, 2.24) is 5.32 Å². The molecule has 8 aromatic rings. The van der Waals surface area contributed by atoms with Crippen LogP contribution in [0.4, 0.5) is 9.59 Å². The van der Waals surface area contributed by atoms with Gasteiger partial charge in [-0.25, -0.2) is 28.8 Å². The van der Waals surface area contributed by atoms with E-state index in [4.69, 9.17) is 76.8 Å². The second kappa shape index (κ2) is 42.1. The van der Waals surface area contributed by atoms with Gasteiger partial charge in [0.15, 0.2) is 29.2 Å². The summed E-state index contributed by atoms with van der Waals surface area (Å²) in [6, 6.07) is 67.8. The Balaban J connectivity index is 0.000000221. The molecule has 0 aromatic heterocycles. The van der Waals surface area contributed by atoms with Gasteiger partial charge in [0, 0.05) is 56.3 Å². The highest BCUT2D eigenvalue weighted by atomic mass is 16.7. The third-order valence-corrected chi connectivity index (χ3v) is 29.9. The van der Waals surface area contributed by atoms with Gasteiger partial charge in [-0.1, -0.05) is 253 Å². The maximum atomic E-state index is 16.2. The minimum atomic E-state index is -2.31. The van der Waals surface area contributed by atoms with Crippen LogP contribution in [0.15, 0.2) is 265 Å². The molecule has 31 heteroatoms. The Hall–Kier alpha value is -12.5. The number of ketones is 2. The second-order valence-corrected chi connectivity index (χ2v) is 38.7. The summed E-state index contributed by atoms with van der Waals surface area (Å²) in [7, 11) is 0. The standard InChI is InChI=1S/C63H67NO16.C46H53NO13/c1-39-47(77-57(68)52(76-38-72-34-42-22-12-7-13-23-42)51(45-28-18-10-19-29-45)64-58(69)73-35-43-24-14-8-15-25-43)33-63(71)55(79-56(67)46-30-20-11-21-31-46)53-61(6,54(66)40(2)50(39)60(63,4)5)48(32-49-62(53,37-75-49)80-41(3)65)78-59(70)74-36-44-26-16-9-17-27-44;1-26-31(58-42(53)37(35(47)29-17-11-7-12-18-29)57-25-55-23-28-15-9-6-10-16-28)22-46(54)40(59-41(52)30-19-13-8-14-20-30)38-44(5,39(51)36(50)34(26)43(46,3)4)32(49)21-33-45(38,24-56-33)60-27(2)48/h7-31,40,47-49,51-53,55,71H,32-38H2,1-6H3,(H,64,69);6-20,31-33,35-38,40,49-50,54H,21-25,47H2,1-5H3. The van der Waals surface area contributed by atoms with Crippen LogP contribution in [0.1, 0.15) is 168 Å². The highest BCUT2D eigenvalue weighted by Crippen LogP contribution is 2.68. The van der Waals surface area contributed by atoms with Gasteiger partial charge in [0.1, 0.15) is 92.6 Å². The summed E-state index contributed by atoms with van der Waals surface area (Å²) in [4.78, 5) is 144. The van der Waals surface area contributed by atoms with Crippen molar-refractivity contribution >= 4 is 59.6 Å². The van der Waals surface area contributed by atoms with Crippen LogP contribution in [0.5, 0.6) is 0 Å². The number of aliphatic hydroxyl groups excluding tert-OH is 2. The molecule has 0 radical (unpaired) electrons. The first-order valence-electron chi connectivity index (χ1n) is 46.9. The second-order valence-electron chi connectivity index (χ2n) is 38.7. The van der Waals surface area contributed by atoms with Crippen LogP contribution in [-0.4, -0.2) is 196 Å². The van der Waals surface area contributed by atoms with Crippen molar-refractivity contribution in [2.45, 2.75) is 230 Å². The predicted molar refractivity (Wildman–Crippen MR) is 501 cm³/mol. The Morgan fingerprint density at radius 3 is 1.27 bits per heavy atom. The van der Waals surface area contributed by atoms with Gasteiger partial charge >= 0.3 is 48.1 Å². The number of alkyl carbamates (subject to hydrolysis) is 1. The van der Waals surface area contributed by atoms with E-state index >= 15 is 14.4 Å². The number of rotatable bonds is 30. The van der Waals surface area contributed by atoms with Gasteiger partial charge in [-0.15, -0.1) is 0 Å². The summed E-state index contributed by atoms with van der Waals surface area (Å²) in [5.74, 6) is -10.7. The number of Topliss-reactive ketones (excluding diaryl/α,β-unsaturated/α-hetero) is 2. The van der Waals surface area contributed by atoms with E-state index in [1.807, 2.05) is 84.9 Å². The maximum Gasteiger partial charge on any atom is 0.508 e. The molecule has 7 N–H and O–H groups in total. The van der Waals surface area contributed by atoms with Gasteiger partial charge in [0.25, 0.3) is 0 Å². The molecule has 2 saturated heterocycles. The van der Waals surface area contributed by atoms with E-state index in [1.54, 1.807) is 189 Å². The zero-order valence-corrected chi connectivity index (χ0v) is 79.9. The third kappa shape index (κ3) is 19.8. The monoisotopic (exact) mass is 1920 g/mol. The summed E-state index contributed by atoms with van der Waals surface area (Å²) < 4.78 is 91.7. The summed E-state index contributed by atoms with van der Waals surface area (Å²) in [6.07, 6.45) is -19.3. The van der Waals surface area contributed by atoms with Crippen LogP contribution in [0, 0.1) is 39.4 Å². The SMILES string of the molecule is CC(=O)OC12COC1CC(O)C1(C)C(=O)C(O)C3=C(C)C(OC(=O)C(OCOCc4ccccc4)C(N)c4ccccc4)CC(O)(C(OC(=O)c4ccccc4)C21)C3(C)C.CC(=O)OC12COC1CC(OC(=O)OCc1ccccc1)C1(C)C(=O)C(C)C3=C(C)C(OC(=O)C(OCOCc4ccccc4)C(NC(=O)OCc4ccccc4)c4ccccc4)CC(O)(C(OC(=O)c4ccccc4)C21)C3(C)C. The Labute approximate surface area is 811 Å². The number of carbonyl (C=O) groups is 10. The van der Waals surface area contributed by atoms with Gasteiger partial charge in [0.2, 0.25) is 0 Å². The fourth-order valence-electron chi connectivity index (χ4n) is 22.5. The predicted octanol–water partition coefficient (Wildman–Crippen LogP) is 13.4. The lowest BCUT2D eigenvalue weighted by molar-refractivity contribution is -0.346. The summed E-state index contributed by atoms with van der Waals surface area (Å²) >= 11 is 0. The van der Waals surface area contributed by atoms with E-state index in [0.29, 0.717) is 27.8 Å². The average Bonchev–Trinajstić information content (AvgIpc) is 0.616. The van der Waals surface area contributed by atoms with Gasteiger partial charge < -0.3 is 103 Å². The number of esters is 6. The van der Waals surface area contributed by atoms with E-state index in [9.17, 15) is 54.0 Å². The number of benzene rings is 8. The number of aliphatic hydroxyl groups is 4. The molecular formula is C109H120N2O29. The molecule has 22 unspecified atom stereocenters. The lowest BCUT2D eigenvalue weighted by Gasteiger charge is -2.67. The third-order valence-electron chi connectivity index (χ3n) is 29.9. The summed E-state index contributed by atoms with van der Waals surface area (Å²) in [5, 5.41) is 54.8. The van der Waals surface area contributed by atoms with Crippen molar-refractivity contribution in [3.8, 4) is 0 Å². The van der Waals surface area contributed by atoms with Crippen molar-refractivity contribution in [2.75, 3.05) is 26.8 Å². The molecule has 2 heterocycles. The number of ether oxygens (including phenoxy) is 15. The number of hydrogen-bond donors (Lipinski definition) is 6. The molecule has 31 nitrogen and oxygen atoms in total. The Kier molecular flexibility index (Phi) is 30.7. The van der Waals surface area contributed by atoms with Crippen LogP contribution >= 0.6 is 0 Å². The van der Waals surface area contributed by atoms with E-state index in [2.05, 4.69) is 5.32 Å². The van der Waals surface area contributed by atoms with Gasteiger partial charge in [-0.3, -0.25) is 19.2 Å². The molecule has 8 aliphatic rings. The number of fused-ring (bicyclic) bond motifs is 10. The zero-order chi connectivity index (χ0) is 100. The van der Waals surface area contributed by atoms with Crippen LogP contribution in [0.3, 0.4) is 0 Å². The van der Waals surface area contributed by atoms with E-state index < -0.39 is 220 Å². The lowest BCUT2D eigenvalue weighted by Crippen LogP contribution is -2.81. The molecule has 6 aliphatic carbocycles. The first-order valence-corrected chi connectivity index (χ1v) is 46.9. The molecule has 2 aliphatic heterocycles. The molecule has 16 rings (SSSR count). The first-order chi connectivity index (χ1) is 66.8. The van der Waals surface area contributed by atoms with Gasteiger partial charge in [-0.05, 0) is 108 Å². The molecule has 4 saturated carbocycles. The van der Waals surface area contributed by atoms with Crippen molar-refractivity contribution in [3.05, 3.63) is 309 Å². The quantitative estimate of drug-likeness (QED) is 0.00800. The molecular weight excluding hydrogens is 1800 g/mol. The fraction of sp³-hybridized carbons (Fsp3) is 0.431. The minimum absolute atomic E-state index is 0.0104. The Bertz CT molecular complexity index is 5860. The number of nitrogens with two attached hydrogens (primary N) is 1. The zero-order valence-electron chi connectivity index (χ0n) is 79.9. The minimum Gasteiger partial charge on any atom is -0.456 e. The van der Waals surface area contributed by atoms with Gasteiger partial charge in [-0.2, -0.15) is 0 Å². The van der Waals surface area contributed by atoms with Crippen molar-refractivity contribution in [2.24, 2.45) is 45.1 Å². The first kappa shape index (κ1) is 102. The molecule has 4 bridgehead atoms. The van der Waals surface area contributed by atoms with Crippen LogP contribution < -0.4 is 11.1 Å². The van der Waals surface area contributed by atoms with Crippen LogP contribution in [-0.2, 0) is 126 Å². The number of hydrogen-bond acceptors (Lipinski definition) is 30. The summed E-state index contributed by atoms with van der Waals surface area (Å²) in [6.45, 7) is 15.7.